The van der Waals surface area contributed by atoms with Gasteiger partial charge in [0.2, 0.25) is 5.88 Å². The van der Waals surface area contributed by atoms with E-state index in [4.69, 9.17) is 10.6 Å². The third-order valence-corrected chi connectivity index (χ3v) is 2.63. The zero-order valence-electron chi connectivity index (χ0n) is 10.8. The molecular formula is C13H11F4N3O. The van der Waals surface area contributed by atoms with Crippen molar-refractivity contribution < 1.29 is 22.3 Å². The lowest BCUT2D eigenvalue weighted by Gasteiger charge is -2.12. The van der Waals surface area contributed by atoms with Crippen LogP contribution in [-0.2, 0) is 6.18 Å². The molecule has 2 aromatic rings. The van der Waals surface area contributed by atoms with Gasteiger partial charge in [-0.2, -0.15) is 18.2 Å². The fourth-order valence-corrected chi connectivity index (χ4v) is 1.60. The van der Waals surface area contributed by atoms with E-state index in [1.807, 2.05) is 5.43 Å². The van der Waals surface area contributed by atoms with Crippen molar-refractivity contribution in [2.24, 2.45) is 5.84 Å². The van der Waals surface area contributed by atoms with Crippen molar-refractivity contribution in [2.45, 2.75) is 13.1 Å². The molecule has 1 aromatic carbocycles. The molecule has 0 radical (unpaired) electrons. The lowest BCUT2D eigenvalue weighted by molar-refractivity contribution is -0.137. The molecule has 0 fully saturated rings. The van der Waals surface area contributed by atoms with E-state index in [1.165, 1.54) is 19.1 Å². The Morgan fingerprint density at radius 2 is 1.90 bits per heavy atom. The number of hydrazine groups is 1. The van der Waals surface area contributed by atoms with Crippen LogP contribution in [0.4, 0.5) is 23.4 Å². The number of aryl methyl sites for hydroxylation is 1. The van der Waals surface area contributed by atoms with Crippen molar-refractivity contribution in [2.75, 3.05) is 5.43 Å². The molecule has 0 saturated heterocycles. The minimum atomic E-state index is -4.56. The van der Waals surface area contributed by atoms with E-state index in [-0.39, 0.29) is 17.4 Å². The highest BCUT2D eigenvalue weighted by Gasteiger charge is 2.32. The van der Waals surface area contributed by atoms with Crippen LogP contribution >= 0.6 is 0 Å². The number of nitrogen functional groups attached to an aromatic ring is 1. The summed E-state index contributed by atoms with van der Waals surface area (Å²) in [6.45, 7) is 1.51. The second-order valence-electron chi connectivity index (χ2n) is 4.23. The second-order valence-corrected chi connectivity index (χ2v) is 4.23. The van der Waals surface area contributed by atoms with Gasteiger partial charge < -0.3 is 10.2 Å². The maximum absolute atomic E-state index is 13.1. The summed E-state index contributed by atoms with van der Waals surface area (Å²) in [5, 5.41) is 0. The van der Waals surface area contributed by atoms with Crippen LogP contribution in [-0.4, -0.2) is 4.98 Å². The Kier molecular flexibility index (Phi) is 3.99. The van der Waals surface area contributed by atoms with Crippen LogP contribution in [0.5, 0.6) is 11.6 Å². The fraction of sp³-hybridized carbons (Fsp3) is 0.154. The van der Waals surface area contributed by atoms with Gasteiger partial charge in [0, 0.05) is 6.07 Å². The Labute approximate surface area is 117 Å². The first-order valence-electron chi connectivity index (χ1n) is 5.79. The molecule has 8 heteroatoms. The topological polar surface area (TPSA) is 60.2 Å². The first kappa shape index (κ1) is 15.0. The van der Waals surface area contributed by atoms with Crippen LogP contribution < -0.4 is 16.0 Å². The number of hydrogen-bond acceptors (Lipinski definition) is 4. The largest absolute Gasteiger partial charge is 0.439 e. The molecule has 0 spiro atoms. The molecule has 2 rings (SSSR count). The van der Waals surface area contributed by atoms with Gasteiger partial charge in [-0.3, -0.25) is 0 Å². The smallest absolute Gasteiger partial charge is 0.416 e. The summed E-state index contributed by atoms with van der Waals surface area (Å²) in [6.07, 6.45) is -4.56. The van der Waals surface area contributed by atoms with E-state index in [1.54, 1.807) is 0 Å². The van der Waals surface area contributed by atoms with Crippen molar-refractivity contribution in [3.63, 3.8) is 0 Å². The zero-order chi connectivity index (χ0) is 15.6. The van der Waals surface area contributed by atoms with Crippen LogP contribution in [0.2, 0.25) is 0 Å². The summed E-state index contributed by atoms with van der Waals surface area (Å²) in [7, 11) is 0. The number of ether oxygens (including phenoxy) is 1. The number of aromatic nitrogens is 1. The van der Waals surface area contributed by atoms with Crippen molar-refractivity contribution in [1.82, 2.24) is 4.98 Å². The Morgan fingerprint density at radius 1 is 1.19 bits per heavy atom. The average molecular weight is 301 g/mol. The van der Waals surface area contributed by atoms with Crippen molar-refractivity contribution in [3.8, 4) is 11.6 Å². The van der Waals surface area contributed by atoms with Gasteiger partial charge in [-0.05, 0) is 36.8 Å². The summed E-state index contributed by atoms with van der Waals surface area (Å²) in [5.41, 5.74) is 1.38. The average Bonchev–Trinajstić information content (AvgIpc) is 2.41. The van der Waals surface area contributed by atoms with Gasteiger partial charge in [0.05, 0.1) is 5.56 Å². The SMILES string of the molecule is Cc1cc(Oc2cc(C(F)(F)F)cc(NN)n2)ccc1F. The third kappa shape index (κ3) is 3.60. The number of pyridine rings is 1. The Balaban J connectivity index is 2.36. The highest BCUT2D eigenvalue weighted by molar-refractivity contribution is 5.43. The molecule has 0 aliphatic rings. The highest BCUT2D eigenvalue weighted by Crippen LogP contribution is 2.33. The monoisotopic (exact) mass is 301 g/mol. The van der Waals surface area contributed by atoms with Crippen LogP contribution in [0.1, 0.15) is 11.1 Å². The number of nitrogens with zero attached hydrogens (tertiary/aromatic N) is 1. The minimum Gasteiger partial charge on any atom is -0.439 e. The van der Waals surface area contributed by atoms with Gasteiger partial charge in [0.25, 0.3) is 0 Å². The molecular weight excluding hydrogens is 290 g/mol. The molecule has 0 amide bonds. The molecule has 3 N–H and O–H groups in total. The van der Waals surface area contributed by atoms with E-state index >= 15 is 0 Å². The lowest BCUT2D eigenvalue weighted by Crippen LogP contribution is -2.12. The number of rotatable bonds is 3. The quantitative estimate of drug-likeness (QED) is 0.516. The maximum atomic E-state index is 13.1. The molecule has 0 atom stereocenters. The third-order valence-electron chi connectivity index (χ3n) is 2.63. The number of benzene rings is 1. The number of alkyl halides is 3. The highest BCUT2D eigenvalue weighted by atomic mass is 19.4. The number of nitrogens with one attached hydrogen (secondary N) is 1. The van der Waals surface area contributed by atoms with Gasteiger partial charge in [0.1, 0.15) is 17.4 Å². The van der Waals surface area contributed by atoms with Crippen molar-refractivity contribution in [3.05, 3.63) is 47.3 Å². The van der Waals surface area contributed by atoms with Crippen LogP contribution in [0.25, 0.3) is 0 Å². The molecule has 0 saturated carbocycles. The summed E-state index contributed by atoms with van der Waals surface area (Å²) in [5.74, 6) is 4.31. The summed E-state index contributed by atoms with van der Waals surface area (Å²) < 4.78 is 56.6. The molecule has 0 aliphatic heterocycles. The van der Waals surface area contributed by atoms with Gasteiger partial charge in [0.15, 0.2) is 0 Å². The molecule has 0 bridgehead atoms. The number of hydrogen-bond donors (Lipinski definition) is 2. The normalized spacial score (nSPS) is 11.3. The van der Waals surface area contributed by atoms with E-state index in [0.29, 0.717) is 5.56 Å². The molecule has 112 valence electrons. The number of halogens is 4. The van der Waals surface area contributed by atoms with E-state index in [9.17, 15) is 17.6 Å². The molecule has 21 heavy (non-hydrogen) atoms. The van der Waals surface area contributed by atoms with E-state index in [0.717, 1.165) is 18.2 Å². The van der Waals surface area contributed by atoms with Gasteiger partial charge in [-0.1, -0.05) is 0 Å². The van der Waals surface area contributed by atoms with Gasteiger partial charge >= 0.3 is 6.18 Å². The van der Waals surface area contributed by atoms with Crippen molar-refractivity contribution in [1.29, 1.82) is 0 Å². The molecule has 1 aromatic heterocycles. The molecule has 0 aliphatic carbocycles. The summed E-state index contributed by atoms with van der Waals surface area (Å²) in [6, 6.07) is 5.29. The van der Waals surface area contributed by atoms with Crippen LogP contribution in [0.3, 0.4) is 0 Å². The first-order chi connectivity index (χ1) is 9.79. The predicted octanol–water partition coefficient (Wildman–Crippen LogP) is 3.63. The number of anilines is 1. The Bertz CT molecular complexity index is 658. The predicted molar refractivity (Wildman–Crippen MR) is 68.3 cm³/mol. The Morgan fingerprint density at radius 3 is 2.48 bits per heavy atom. The van der Waals surface area contributed by atoms with Gasteiger partial charge in [-0.15, -0.1) is 0 Å². The summed E-state index contributed by atoms with van der Waals surface area (Å²) in [4.78, 5) is 3.76. The molecule has 4 nitrogen and oxygen atoms in total. The lowest BCUT2D eigenvalue weighted by atomic mass is 10.2. The zero-order valence-corrected chi connectivity index (χ0v) is 10.8. The molecule has 1 heterocycles. The number of nitrogens with two attached hydrogens (primary N) is 1. The van der Waals surface area contributed by atoms with E-state index < -0.39 is 17.6 Å². The Hall–Kier alpha value is -2.35. The summed E-state index contributed by atoms with van der Waals surface area (Å²) >= 11 is 0. The fourth-order valence-electron chi connectivity index (χ4n) is 1.60. The van der Waals surface area contributed by atoms with Crippen molar-refractivity contribution >= 4 is 5.82 Å². The maximum Gasteiger partial charge on any atom is 0.416 e. The second kappa shape index (κ2) is 5.57. The molecule has 0 unspecified atom stereocenters. The van der Waals surface area contributed by atoms with Gasteiger partial charge in [-0.25, -0.2) is 10.2 Å². The minimum absolute atomic E-state index is 0.170. The van der Waals surface area contributed by atoms with Crippen LogP contribution in [0.15, 0.2) is 30.3 Å². The first-order valence-corrected chi connectivity index (χ1v) is 5.79. The van der Waals surface area contributed by atoms with Crippen LogP contribution in [0, 0.1) is 12.7 Å². The van der Waals surface area contributed by atoms with E-state index in [2.05, 4.69) is 4.98 Å². The standard InChI is InChI=1S/C13H11F4N3O/c1-7-4-9(2-3-10(7)14)21-12-6-8(13(15,16)17)5-11(19-12)20-18/h2-6H,18H2,1H3,(H,19,20).